The van der Waals surface area contributed by atoms with E-state index < -0.39 is 0 Å². The number of nitriles is 1. The number of halogens is 3. The van der Waals surface area contributed by atoms with Crippen molar-refractivity contribution in [2.45, 2.75) is 0 Å². The fourth-order valence-corrected chi connectivity index (χ4v) is 2.35. The molecule has 0 amide bonds. The zero-order valence-electron chi connectivity index (χ0n) is 9.55. The molecule has 0 heterocycles. The Kier molecular flexibility index (Phi) is 4.20. The van der Waals surface area contributed by atoms with Crippen LogP contribution in [0.3, 0.4) is 0 Å². The van der Waals surface area contributed by atoms with Gasteiger partial charge in [0.2, 0.25) is 0 Å². The Morgan fingerprint density at radius 3 is 2.47 bits per heavy atom. The molecule has 19 heavy (non-hydrogen) atoms. The molecule has 2 rings (SSSR count). The number of hydrogen-bond donors (Lipinski definition) is 2. The van der Waals surface area contributed by atoms with Crippen LogP contribution in [0.4, 0.5) is 17.1 Å². The van der Waals surface area contributed by atoms with Gasteiger partial charge in [0, 0.05) is 10.2 Å². The molecule has 0 unspecified atom stereocenters. The first-order valence-electron chi connectivity index (χ1n) is 5.23. The molecule has 0 atom stereocenters. The predicted octanol–water partition coefficient (Wildman–Crippen LogP) is 4.95. The largest absolute Gasteiger partial charge is 0.399 e. The highest BCUT2D eigenvalue weighted by Gasteiger charge is 2.10. The van der Waals surface area contributed by atoms with E-state index in [0.717, 1.165) is 0 Å². The molecule has 0 aromatic heterocycles. The maximum absolute atomic E-state index is 9.08. The number of nitrogens with zero attached hydrogens (tertiary/aromatic N) is 1. The third-order valence-corrected chi connectivity index (χ3v) is 4.24. The van der Waals surface area contributed by atoms with Crippen molar-refractivity contribution >= 4 is 56.2 Å². The standard InChI is InChI=1S/C13H8BrCl2N3/c14-9-2-4-11(13(16)12(9)15)19-10-3-1-8(18)5-7(10)6-17/h1-5,19H,18H2. The number of benzene rings is 2. The summed E-state index contributed by atoms with van der Waals surface area (Å²) in [4.78, 5) is 0. The SMILES string of the molecule is N#Cc1cc(N)ccc1Nc1ccc(Br)c(Cl)c1Cl. The molecule has 2 aromatic carbocycles. The minimum atomic E-state index is 0.386. The Morgan fingerprint density at radius 2 is 1.79 bits per heavy atom. The third kappa shape index (κ3) is 2.95. The molecule has 0 aliphatic carbocycles. The molecule has 0 bridgehead atoms. The highest BCUT2D eigenvalue weighted by atomic mass is 79.9. The summed E-state index contributed by atoms with van der Waals surface area (Å²) in [5.41, 5.74) is 7.85. The minimum absolute atomic E-state index is 0.386. The van der Waals surface area contributed by atoms with Gasteiger partial charge < -0.3 is 11.1 Å². The highest BCUT2D eigenvalue weighted by molar-refractivity contribution is 9.10. The Balaban J connectivity index is 2.43. The first-order chi connectivity index (χ1) is 9.02. The molecule has 96 valence electrons. The second-order valence-corrected chi connectivity index (χ2v) is 5.38. The summed E-state index contributed by atoms with van der Waals surface area (Å²) in [6.45, 7) is 0. The average Bonchev–Trinajstić information content (AvgIpc) is 2.41. The number of hydrogen-bond acceptors (Lipinski definition) is 3. The number of rotatable bonds is 2. The van der Waals surface area contributed by atoms with Crippen LogP contribution in [0, 0.1) is 11.3 Å². The smallest absolute Gasteiger partial charge is 0.101 e. The van der Waals surface area contributed by atoms with E-state index in [4.69, 9.17) is 34.2 Å². The maximum atomic E-state index is 9.08. The van der Waals surface area contributed by atoms with Crippen molar-refractivity contribution in [3.63, 3.8) is 0 Å². The summed E-state index contributed by atoms with van der Waals surface area (Å²) in [6.07, 6.45) is 0. The monoisotopic (exact) mass is 355 g/mol. The average molecular weight is 357 g/mol. The van der Waals surface area contributed by atoms with E-state index >= 15 is 0 Å². The summed E-state index contributed by atoms with van der Waals surface area (Å²) in [5.74, 6) is 0. The second kappa shape index (κ2) is 5.70. The van der Waals surface area contributed by atoms with Crippen LogP contribution in [0.1, 0.15) is 5.56 Å². The van der Waals surface area contributed by atoms with E-state index in [1.165, 1.54) is 0 Å². The van der Waals surface area contributed by atoms with Gasteiger partial charge in [-0.3, -0.25) is 0 Å². The van der Waals surface area contributed by atoms with E-state index in [0.29, 0.717) is 37.1 Å². The van der Waals surface area contributed by atoms with Crippen molar-refractivity contribution in [3.05, 3.63) is 50.4 Å². The summed E-state index contributed by atoms with van der Waals surface area (Å²) in [7, 11) is 0. The molecule has 3 N–H and O–H groups in total. The number of nitrogens with one attached hydrogen (secondary N) is 1. The first-order valence-corrected chi connectivity index (χ1v) is 6.78. The lowest BCUT2D eigenvalue weighted by Gasteiger charge is -2.12. The van der Waals surface area contributed by atoms with Crippen molar-refractivity contribution in [2.75, 3.05) is 11.1 Å². The maximum Gasteiger partial charge on any atom is 0.101 e. The van der Waals surface area contributed by atoms with Crippen LogP contribution in [0.25, 0.3) is 0 Å². The predicted molar refractivity (Wildman–Crippen MR) is 83.0 cm³/mol. The number of nitrogen functional groups attached to an aromatic ring is 1. The van der Waals surface area contributed by atoms with Crippen molar-refractivity contribution < 1.29 is 0 Å². The zero-order valence-corrected chi connectivity index (χ0v) is 12.6. The van der Waals surface area contributed by atoms with Crippen LogP contribution in [0.5, 0.6) is 0 Å². The number of nitrogens with two attached hydrogens (primary N) is 1. The van der Waals surface area contributed by atoms with Crippen molar-refractivity contribution in [2.24, 2.45) is 0 Å². The van der Waals surface area contributed by atoms with Crippen LogP contribution < -0.4 is 11.1 Å². The van der Waals surface area contributed by atoms with Gasteiger partial charge in [0.15, 0.2) is 0 Å². The van der Waals surface area contributed by atoms with Crippen molar-refractivity contribution in [1.82, 2.24) is 0 Å². The Labute approximate surface area is 129 Å². The van der Waals surface area contributed by atoms with Crippen LogP contribution in [0.15, 0.2) is 34.8 Å². The van der Waals surface area contributed by atoms with Gasteiger partial charge >= 0.3 is 0 Å². The molecule has 0 fully saturated rings. The fourth-order valence-electron chi connectivity index (χ4n) is 1.53. The van der Waals surface area contributed by atoms with Gasteiger partial charge in [-0.05, 0) is 46.3 Å². The molecular weight excluding hydrogens is 349 g/mol. The molecule has 0 saturated carbocycles. The number of anilines is 3. The van der Waals surface area contributed by atoms with E-state index in [2.05, 4.69) is 27.3 Å². The highest BCUT2D eigenvalue weighted by Crippen LogP contribution is 2.37. The quantitative estimate of drug-likeness (QED) is 0.590. The lowest BCUT2D eigenvalue weighted by Crippen LogP contribution is -1.96. The lowest BCUT2D eigenvalue weighted by molar-refractivity contribution is 1.46. The molecule has 2 aromatic rings. The second-order valence-electron chi connectivity index (χ2n) is 3.76. The molecular formula is C13H8BrCl2N3. The molecule has 0 radical (unpaired) electrons. The Hall–Kier alpha value is -1.41. The van der Waals surface area contributed by atoms with Gasteiger partial charge in [-0.1, -0.05) is 23.2 Å². The summed E-state index contributed by atoms with van der Waals surface area (Å²) >= 11 is 15.5. The molecule has 0 aliphatic rings. The van der Waals surface area contributed by atoms with Crippen LogP contribution >= 0.6 is 39.1 Å². The van der Waals surface area contributed by atoms with Gasteiger partial charge in [-0.15, -0.1) is 0 Å². The van der Waals surface area contributed by atoms with Gasteiger partial charge in [0.25, 0.3) is 0 Å². The van der Waals surface area contributed by atoms with Gasteiger partial charge in [0.1, 0.15) is 6.07 Å². The van der Waals surface area contributed by atoms with E-state index in [1.807, 2.05) is 0 Å². The van der Waals surface area contributed by atoms with Crippen molar-refractivity contribution in [1.29, 1.82) is 5.26 Å². The van der Waals surface area contributed by atoms with E-state index in [1.54, 1.807) is 30.3 Å². The molecule has 3 nitrogen and oxygen atoms in total. The fraction of sp³-hybridized carbons (Fsp3) is 0. The third-order valence-electron chi connectivity index (χ3n) is 2.47. The van der Waals surface area contributed by atoms with E-state index in [9.17, 15) is 0 Å². The van der Waals surface area contributed by atoms with Gasteiger partial charge in [0.05, 0.1) is 27.0 Å². The van der Waals surface area contributed by atoms with E-state index in [-0.39, 0.29) is 0 Å². The normalized spacial score (nSPS) is 10.0. The molecule has 0 aliphatic heterocycles. The van der Waals surface area contributed by atoms with Gasteiger partial charge in [-0.2, -0.15) is 5.26 Å². The van der Waals surface area contributed by atoms with Crippen LogP contribution in [-0.2, 0) is 0 Å². The van der Waals surface area contributed by atoms with Crippen molar-refractivity contribution in [3.8, 4) is 6.07 Å². The molecule has 0 saturated heterocycles. The summed E-state index contributed by atoms with van der Waals surface area (Å²) < 4.78 is 0.711. The van der Waals surface area contributed by atoms with Crippen LogP contribution in [0.2, 0.25) is 10.0 Å². The lowest BCUT2D eigenvalue weighted by atomic mass is 10.1. The Bertz CT molecular complexity index is 680. The van der Waals surface area contributed by atoms with Crippen LogP contribution in [-0.4, -0.2) is 0 Å². The molecule has 0 spiro atoms. The summed E-state index contributed by atoms with van der Waals surface area (Å²) in [6, 6.07) is 10.6. The van der Waals surface area contributed by atoms with Gasteiger partial charge in [-0.25, -0.2) is 0 Å². The minimum Gasteiger partial charge on any atom is -0.399 e. The first kappa shape index (κ1) is 14.0. The Morgan fingerprint density at radius 1 is 1.11 bits per heavy atom. The zero-order chi connectivity index (χ0) is 14.0. The molecule has 6 heteroatoms. The topological polar surface area (TPSA) is 61.8 Å². The summed E-state index contributed by atoms with van der Waals surface area (Å²) in [5, 5.41) is 13.0.